The molecule has 0 aliphatic carbocycles. The van der Waals surface area contributed by atoms with Crippen LogP contribution in [0.2, 0.25) is 0 Å². The molecule has 1 fully saturated rings. The van der Waals surface area contributed by atoms with E-state index in [0.717, 1.165) is 17.0 Å². The van der Waals surface area contributed by atoms with E-state index in [9.17, 15) is 31.9 Å². The average Bonchev–Trinajstić information content (AvgIpc) is 3.36. The number of benzene rings is 3. The molecule has 0 spiro atoms. The third kappa shape index (κ3) is 4.73. The number of nitrogens with one attached hydrogen (secondary N) is 2. The number of halogens is 4. The van der Waals surface area contributed by atoms with Crippen LogP contribution in [0.5, 0.6) is 0 Å². The van der Waals surface area contributed by atoms with E-state index >= 15 is 0 Å². The third-order valence-corrected chi connectivity index (χ3v) is 5.95. The maximum atomic E-state index is 13.4. The number of imide groups is 1. The zero-order valence-corrected chi connectivity index (χ0v) is 19.4. The summed E-state index contributed by atoms with van der Waals surface area (Å²) in [5, 5.41) is 5.41. The van der Waals surface area contributed by atoms with Gasteiger partial charge in [0.15, 0.2) is 0 Å². The Morgan fingerprint density at radius 3 is 2.13 bits per heavy atom. The van der Waals surface area contributed by atoms with Crippen LogP contribution < -0.4 is 10.9 Å². The van der Waals surface area contributed by atoms with E-state index in [2.05, 4.69) is 10.4 Å². The Kier molecular flexibility index (Phi) is 6.19. The smallest absolute Gasteiger partial charge is 0.303 e. The summed E-state index contributed by atoms with van der Waals surface area (Å²) in [6.45, 7) is -0.265. The molecule has 0 radical (unpaired) electrons. The van der Waals surface area contributed by atoms with Crippen LogP contribution in [0.15, 0.2) is 89.4 Å². The van der Waals surface area contributed by atoms with Crippen molar-refractivity contribution in [3.63, 3.8) is 0 Å². The van der Waals surface area contributed by atoms with Crippen molar-refractivity contribution < 1.29 is 27.2 Å². The summed E-state index contributed by atoms with van der Waals surface area (Å²) in [5.74, 6) is -1.23. The van der Waals surface area contributed by atoms with Crippen molar-refractivity contribution in [1.82, 2.24) is 20.0 Å². The summed E-state index contributed by atoms with van der Waals surface area (Å²) in [4.78, 5) is 39.8. The number of alkyl halides is 3. The van der Waals surface area contributed by atoms with E-state index in [4.69, 9.17) is 0 Å². The molecule has 1 aliphatic heterocycles. The molecule has 2 N–H and O–H groups in total. The summed E-state index contributed by atoms with van der Waals surface area (Å²) in [6, 6.07) is 17.3. The number of urea groups is 1. The number of aromatic amines is 1. The lowest BCUT2D eigenvalue weighted by Crippen LogP contribution is -2.30. The van der Waals surface area contributed by atoms with Gasteiger partial charge in [0.05, 0.1) is 29.1 Å². The van der Waals surface area contributed by atoms with Crippen molar-refractivity contribution in [3.8, 4) is 16.9 Å². The highest BCUT2D eigenvalue weighted by molar-refractivity contribution is 6.14. The number of nitrogens with zero attached hydrogens (tertiary/aromatic N) is 2. The second-order valence-electron chi connectivity index (χ2n) is 8.46. The van der Waals surface area contributed by atoms with Crippen molar-refractivity contribution in [2.45, 2.75) is 12.7 Å². The van der Waals surface area contributed by atoms with E-state index in [1.54, 1.807) is 30.3 Å². The predicted molar refractivity (Wildman–Crippen MR) is 130 cm³/mol. The number of carbonyl (C=O) groups excluding carboxylic acids is 2. The summed E-state index contributed by atoms with van der Waals surface area (Å²) < 4.78 is 53.1. The van der Waals surface area contributed by atoms with E-state index in [0.29, 0.717) is 22.5 Å². The Morgan fingerprint density at radius 2 is 1.50 bits per heavy atom. The summed E-state index contributed by atoms with van der Waals surface area (Å²) in [7, 11) is 0. The minimum atomic E-state index is -4.51. The van der Waals surface area contributed by atoms with Crippen LogP contribution >= 0.6 is 0 Å². The molecule has 0 unspecified atom stereocenters. The normalized spacial score (nSPS) is 14.8. The van der Waals surface area contributed by atoms with Gasteiger partial charge >= 0.3 is 12.2 Å². The van der Waals surface area contributed by atoms with Crippen LogP contribution in [0.1, 0.15) is 16.7 Å². The lowest BCUT2D eigenvalue weighted by molar-refractivity contribution is -0.137. The zero-order chi connectivity index (χ0) is 27.0. The Bertz CT molecular complexity index is 1600. The fraction of sp³-hybridized carbons (Fsp3) is 0.0741. The molecular weight excluding hydrogens is 504 g/mol. The fourth-order valence-corrected chi connectivity index (χ4v) is 4.02. The molecule has 2 heterocycles. The van der Waals surface area contributed by atoms with Crippen molar-refractivity contribution >= 4 is 18.0 Å². The molecule has 0 atom stereocenters. The van der Waals surface area contributed by atoms with E-state index < -0.39 is 35.1 Å². The van der Waals surface area contributed by atoms with Gasteiger partial charge < -0.3 is 5.32 Å². The van der Waals surface area contributed by atoms with Crippen LogP contribution in [-0.2, 0) is 17.5 Å². The first-order valence-corrected chi connectivity index (χ1v) is 11.3. The molecule has 1 aliphatic rings. The van der Waals surface area contributed by atoms with E-state index in [1.165, 1.54) is 47.2 Å². The summed E-state index contributed by atoms with van der Waals surface area (Å²) in [5.41, 5.74) is 0.133. The van der Waals surface area contributed by atoms with Gasteiger partial charge in [0.1, 0.15) is 11.5 Å². The second kappa shape index (κ2) is 9.51. The highest BCUT2D eigenvalue weighted by atomic mass is 19.4. The Labute approximate surface area is 212 Å². The van der Waals surface area contributed by atoms with Crippen molar-refractivity contribution in [2.24, 2.45) is 0 Å². The fourth-order valence-electron chi connectivity index (χ4n) is 4.02. The quantitative estimate of drug-likeness (QED) is 0.218. The minimum Gasteiger partial charge on any atom is -0.303 e. The van der Waals surface area contributed by atoms with Crippen LogP contribution in [0, 0.1) is 5.82 Å². The van der Waals surface area contributed by atoms with Gasteiger partial charge in [0.25, 0.3) is 11.5 Å². The molecule has 7 nitrogen and oxygen atoms in total. The molecular formula is C27H18F4N4O3. The van der Waals surface area contributed by atoms with Gasteiger partial charge in [0.2, 0.25) is 0 Å². The van der Waals surface area contributed by atoms with Crippen LogP contribution in [0.25, 0.3) is 23.0 Å². The Balaban J connectivity index is 1.50. The second-order valence-corrected chi connectivity index (χ2v) is 8.46. The highest BCUT2D eigenvalue weighted by Gasteiger charge is 2.35. The number of carbonyl (C=O) groups is 2. The van der Waals surface area contributed by atoms with Gasteiger partial charge in [0, 0.05) is 5.56 Å². The number of rotatable bonds is 5. The largest absolute Gasteiger partial charge is 0.416 e. The number of H-pyrrole nitrogens is 1. The van der Waals surface area contributed by atoms with Gasteiger partial charge in [-0.1, -0.05) is 42.5 Å². The highest BCUT2D eigenvalue weighted by Crippen LogP contribution is 2.30. The molecule has 38 heavy (non-hydrogen) atoms. The molecule has 1 aromatic heterocycles. The molecule has 3 aromatic carbocycles. The van der Waals surface area contributed by atoms with Crippen LogP contribution in [0.3, 0.4) is 0 Å². The summed E-state index contributed by atoms with van der Waals surface area (Å²) >= 11 is 0. The van der Waals surface area contributed by atoms with Crippen molar-refractivity contribution in [2.75, 3.05) is 0 Å². The first-order valence-electron chi connectivity index (χ1n) is 11.3. The number of amides is 3. The summed E-state index contributed by atoms with van der Waals surface area (Å²) in [6.07, 6.45) is -3.27. The van der Waals surface area contributed by atoms with E-state index in [1.807, 2.05) is 0 Å². The monoisotopic (exact) mass is 522 g/mol. The molecule has 1 saturated heterocycles. The van der Waals surface area contributed by atoms with E-state index in [-0.39, 0.29) is 17.8 Å². The van der Waals surface area contributed by atoms with Gasteiger partial charge in [-0.25, -0.2) is 13.9 Å². The molecule has 0 bridgehead atoms. The Hall–Kier alpha value is -4.93. The third-order valence-electron chi connectivity index (χ3n) is 5.95. The van der Waals surface area contributed by atoms with Gasteiger partial charge in [-0.2, -0.15) is 13.2 Å². The number of hydrogen-bond acceptors (Lipinski definition) is 3. The van der Waals surface area contributed by atoms with Gasteiger partial charge in [-0.15, -0.1) is 0 Å². The lowest BCUT2D eigenvalue weighted by atomic mass is 10.1. The first-order chi connectivity index (χ1) is 18.1. The molecule has 192 valence electrons. The molecule has 5 rings (SSSR count). The molecule has 3 amide bonds. The minimum absolute atomic E-state index is 0.0700. The molecule has 11 heteroatoms. The van der Waals surface area contributed by atoms with Crippen molar-refractivity contribution in [3.05, 3.63) is 117 Å². The lowest BCUT2D eigenvalue weighted by Gasteiger charge is -2.13. The Morgan fingerprint density at radius 1 is 0.842 bits per heavy atom. The number of hydrogen-bond donors (Lipinski definition) is 2. The van der Waals surface area contributed by atoms with Crippen LogP contribution in [-0.4, -0.2) is 26.6 Å². The first kappa shape index (κ1) is 24.8. The molecule has 4 aromatic rings. The van der Waals surface area contributed by atoms with Gasteiger partial charge in [-0.3, -0.25) is 19.6 Å². The maximum Gasteiger partial charge on any atom is 0.416 e. The number of aromatic nitrogens is 2. The van der Waals surface area contributed by atoms with Crippen LogP contribution in [0.4, 0.5) is 22.4 Å². The standard InChI is InChI=1S/C27H18F4N4O3/c28-19-10-12-20(13-11-19)35-24(36)21(23(33-35)17-4-2-1-3-5-17)14-22-25(37)34(26(38)32-22)15-16-6-8-18(9-7-16)27(29,30)31/h1-14,33H,15H2,(H,32,38)/b22-14-. The van der Waals surface area contributed by atoms with Crippen molar-refractivity contribution in [1.29, 1.82) is 0 Å². The zero-order valence-electron chi connectivity index (χ0n) is 19.4. The predicted octanol–water partition coefficient (Wildman–Crippen LogP) is 5.08. The SMILES string of the molecule is O=C1N/C(=C\c2c(-c3ccccc3)[nH]n(-c3ccc(F)cc3)c2=O)C(=O)N1Cc1ccc(C(F)(F)F)cc1. The van der Waals surface area contributed by atoms with Gasteiger partial charge in [-0.05, 0) is 48.0 Å². The molecule has 0 saturated carbocycles. The topological polar surface area (TPSA) is 87.2 Å². The average molecular weight is 522 g/mol. The maximum absolute atomic E-state index is 13.4.